The molecule has 106 valence electrons. The number of pyridine rings is 1. The number of para-hydroxylation sites is 1. The Morgan fingerprint density at radius 1 is 1.20 bits per heavy atom. The molecule has 1 aromatic heterocycles. The Bertz CT molecular complexity index is 528. The van der Waals surface area contributed by atoms with Crippen LogP contribution in [0, 0.1) is 0 Å². The summed E-state index contributed by atoms with van der Waals surface area (Å²) in [5.41, 5.74) is 2.14. The van der Waals surface area contributed by atoms with Gasteiger partial charge < -0.3 is 10.1 Å². The second kappa shape index (κ2) is 7.92. The summed E-state index contributed by atoms with van der Waals surface area (Å²) in [6.07, 6.45) is 3.96. The zero-order chi connectivity index (χ0) is 14.2. The fraction of sp³-hybridized carbons (Fsp3) is 0.312. The lowest BCUT2D eigenvalue weighted by Gasteiger charge is -2.09. The summed E-state index contributed by atoms with van der Waals surface area (Å²) >= 11 is 1.69. The van der Waals surface area contributed by atoms with E-state index in [0.29, 0.717) is 6.61 Å². The maximum Gasteiger partial charge on any atom is 0.133 e. The van der Waals surface area contributed by atoms with Crippen molar-refractivity contribution in [3.8, 4) is 5.75 Å². The first-order valence-corrected chi connectivity index (χ1v) is 7.96. The quantitative estimate of drug-likeness (QED) is 0.791. The molecular formula is C16H20N2OS. The molecule has 0 spiro atoms. The third-order valence-electron chi connectivity index (χ3n) is 2.91. The molecule has 0 aliphatic rings. The van der Waals surface area contributed by atoms with E-state index in [9.17, 15) is 0 Å². The lowest BCUT2D eigenvalue weighted by Crippen LogP contribution is -2.12. The van der Waals surface area contributed by atoms with Crippen LogP contribution in [0.25, 0.3) is 0 Å². The number of ether oxygens (including phenoxy) is 1. The molecule has 0 unspecified atom stereocenters. The van der Waals surface area contributed by atoms with Crippen LogP contribution in [0.15, 0.2) is 47.5 Å². The van der Waals surface area contributed by atoms with Gasteiger partial charge in [0.1, 0.15) is 12.4 Å². The lowest BCUT2D eigenvalue weighted by atomic mass is 10.2. The highest BCUT2D eigenvalue weighted by Gasteiger charge is 2.02. The van der Waals surface area contributed by atoms with Crippen LogP contribution >= 0.6 is 11.8 Å². The van der Waals surface area contributed by atoms with E-state index in [0.717, 1.165) is 29.4 Å². The second-order valence-corrected chi connectivity index (χ2v) is 5.23. The highest BCUT2D eigenvalue weighted by atomic mass is 32.2. The van der Waals surface area contributed by atoms with Crippen LogP contribution in [0.4, 0.5) is 0 Å². The van der Waals surface area contributed by atoms with E-state index in [2.05, 4.69) is 35.6 Å². The first-order valence-electron chi connectivity index (χ1n) is 6.74. The van der Waals surface area contributed by atoms with Gasteiger partial charge in [0.2, 0.25) is 0 Å². The first kappa shape index (κ1) is 14.9. The molecule has 0 saturated heterocycles. The molecule has 1 N–H and O–H groups in total. The van der Waals surface area contributed by atoms with Gasteiger partial charge in [0.25, 0.3) is 0 Å². The first-order chi connectivity index (χ1) is 9.83. The molecular weight excluding hydrogens is 268 g/mol. The predicted octanol–water partition coefficient (Wildman–Crippen LogP) is 3.49. The fourth-order valence-electron chi connectivity index (χ4n) is 1.80. The Morgan fingerprint density at radius 3 is 2.75 bits per heavy atom. The number of nitrogens with zero attached hydrogens (tertiary/aromatic N) is 1. The zero-order valence-electron chi connectivity index (χ0n) is 11.9. The highest BCUT2D eigenvalue weighted by molar-refractivity contribution is 7.98. The summed E-state index contributed by atoms with van der Waals surface area (Å²) in [7, 11) is 0. The van der Waals surface area contributed by atoms with Gasteiger partial charge in [0.05, 0.1) is 5.69 Å². The third kappa shape index (κ3) is 4.25. The summed E-state index contributed by atoms with van der Waals surface area (Å²) < 4.78 is 5.84. The molecule has 1 heterocycles. The van der Waals surface area contributed by atoms with Crippen molar-refractivity contribution in [3.05, 3.63) is 53.9 Å². The number of hydrogen-bond donors (Lipinski definition) is 1. The molecule has 1 aromatic carbocycles. The van der Waals surface area contributed by atoms with Gasteiger partial charge in [-0.05, 0) is 36.6 Å². The zero-order valence-corrected chi connectivity index (χ0v) is 12.7. The standard InChI is InChI=1S/C16H20N2OS/c1-3-17-10-13-8-9-14(18-11-13)12-19-15-6-4-5-7-16(15)20-2/h4-9,11,17H,3,10,12H2,1-2H3. The average Bonchev–Trinajstić information content (AvgIpc) is 2.52. The smallest absolute Gasteiger partial charge is 0.133 e. The second-order valence-electron chi connectivity index (χ2n) is 4.38. The fourth-order valence-corrected chi connectivity index (χ4v) is 2.35. The minimum atomic E-state index is 0.499. The Morgan fingerprint density at radius 2 is 2.05 bits per heavy atom. The van der Waals surface area contributed by atoms with E-state index < -0.39 is 0 Å². The summed E-state index contributed by atoms with van der Waals surface area (Å²) in [6.45, 7) is 4.42. The molecule has 0 bridgehead atoms. The number of aromatic nitrogens is 1. The van der Waals surface area contributed by atoms with Gasteiger partial charge >= 0.3 is 0 Å². The maximum atomic E-state index is 5.84. The van der Waals surface area contributed by atoms with Crippen molar-refractivity contribution >= 4 is 11.8 Å². The molecule has 3 nitrogen and oxygen atoms in total. The number of rotatable bonds is 7. The highest BCUT2D eigenvalue weighted by Crippen LogP contribution is 2.27. The van der Waals surface area contributed by atoms with Crippen molar-refractivity contribution in [3.63, 3.8) is 0 Å². The number of hydrogen-bond acceptors (Lipinski definition) is 4. The van der Waals surface area contributed by atoms with Gasteiger partial charge in [-0.3, -0.25) is 4.98 Å². The van der Waals surface area contributed by atoms with E-state index in [1.807, 2.05) is 30.5 Å². The molecule has 20 heavy (non-hydrogen) atoms. The molecule has 2 aromatic rings. The van der Waals surface area contributed by atoms with Crippen molar-refractivity contribution in [1.82, 2.24) is 10.3 Å². The van der Waals surface area contributed by atoms with Gasteiger partial charge in [-0.2, -0.15) is 0 Å². The molecule has 0 aliphatic heterocycles. The Labute approximate surface area is 124 Å². The van der Waals surface area contributed by atoms with Crippen molar-refractivity contribution in [2.75, 3.05) is 12.8 Å². The average molecular weight is 288 g/mol. The van der Waals surface area contributed by atoms with Crippen LogP contribution in [0.5, 0.6) is 5.75 Å². The Balaban J connectivity index is 1.93. The molecule has 0 atom stereocenters. The third-order valence-corrected chi connectivity index (χ3v) is 3.69. The van der Waals surface area contributed by atoms with Crippen molar-refractivity contribution in [1.29, 1.82) is 0 Å². The van der Waals surface area contributed by atoms with E-state index in [1.165, 1.54) is 5.56 Å². The lowest BCUT2D eigenvalue weighted by molar-refractivity contribution is 0.294. The predicted molar refractivity (Wildman–Crippen MR) is 84.2 cm³/mol. The molecule has 0 amide bonds. The molecule has 4 heteroatoms. The van der Waals surface area contributed by atoms with Gasteiger partial charge in [-0.25, -0.2) is 0 Å². The number of nitrogens with one attached hydrogen (secondary N) is 1. The van der Waals surface area contributed by atoms with Gasteiger partial charge in [-0.1, -0.05) is 25.1 Å². The number of thioether (sulfide) groups is 1. The van der Waals surface area contributed by atoms with E-state index >= 15 is 0 Å². The summed E-state index contributed by atoms with van der Waals surface area (Å²) in [6, 6.07) is 12.2. The maximum absolute atomic E-state index is 5.84. The molecule has 0 saturated carbocycles. The number of benzene rings is 1. The van der Waals surface area contributed by atoms with Crippen molar-refractivity contribution < 1.29 is 4.74 Å². The minimum absolute atomic E-state index is 0.499. The SMILES string of the molecule is CCNCc1ccc(COc2ccccc2SC)nc1. The molecule has 2 rings (SSSR count). The largest absolute Gasteiger partial charge is 0.486 e. The summed E-state index contributed by atoms with van der Waals surface area (Å²) in [5, 5.41) is 3.28. The Kier molecular flexibility index (Phi) is 5.89. The minimum Gasteiger partial charge on any atom is -0.486 e. The molecule has 0 fully saturated rings. The van der Waals surface area contributed by atoms with Gasteiger partial charge in [0, 0.05) is 17.6 Å². The summed E-state index contributed by atoms with van der Waals surface area (Å²) in [4.78, 5) is 5.58. The monoisotopic (exact) mass is 288 g/mol. The topological polar surface area (TPSA) is 34.1 Å². The van der Waals surface area contributed by atoms with Crippen LogP contribution in [0.3, 0.4) is 0 Å². The van der Waals surface area contributed by atoms with Gasteiger partial charge in [-0.15, -0.1) is 11.8 Å². The van der Waals surface area contributed by atoms with Crippen LogP contribution < -0.4 is 10.1 Å². The van der Waals surface area contributed by atoms with Crippen LogP contribution in [0.1, 0.15) is 18.2 Å². The molecule has 0 radical (unpaired) electrons. The van der Waals surface area contributed by atoms with Gasteiger partial charge in [0.15, 0.2) is 0 Å². The van der Waals surface area contributed by atoms with Crippen molar-refractivity contribution in [2.45, 2.75) is 25.0 Å². The van der Waals surface area contributed by atoms with Crippen molar-refractivity contribution in [2.24, 2.45) is 0 Å². The normalized spacial score (nSPS) is 10.5. The summed E-state index contributed by atoms with van der Waals surface area (Å²) in [5.74, 6) is 0.915. The van der Waals surface area contributed by atoms with Crippen LogP contribution in [-0.4, -0.2) is 17.8 Å². The molecule has 0 aliphatic carbocycles. The van der Waals surface area contributed by atoms with E-state index in [1.54, 1.807) is 11.8 Å². The van der Waals surface area contributed by atoms with E-state index in [4.69, 9.17) is 4.74 Å². The Hall–Kier alpha value is -1.52. The van der Waals surface area contributed by atoms with E-state index in [-0.39, 0.29) is 0 Å². The van der Waals surface area contributed by atoms with Crippen LogP contribution in [-0.2, 0) is 13.2 Å². The van der Waals surface area contributed by atoms with Crippen LogP contribution in [0.2, 0.25) is 0 Å².